The summed E-state index contributed by atoms with van der Waals surface area (Å²) in [7, 11) is 3.23. The number of isocyanates is 1. The molecule has 4 nitrogen and oxygen atoms in total. The molecule has 0 aliphatic heterocycles. The molecule has 0 unspecified atom stereocenters. The first kappa shape index (κ1) is 14.1. The van der Waals surface area contributed by atoms with Crippen molar-refractivity contribution in [3.63, 3.8) is 0 Å². The highest BCUT2D eigenvalue weighted by Crippen LogP contribution is 2.54. The van der Waals surface area contributed by atoms with E-state index in [4.69, 9.17) is 9.47 Å². The van der Waals surface area contributed by atoms with Crippen LogP contribution < -0.4 is 9.47 Å². The van der Waals surface area contributed by atoms with E-state index in [-0.39, 0.29) is 0 Å². The summed E-state index contributed by atoms with van der Waals surface area (Å²) in [6.07, 6.45) is 4.23. The van der Waals surface area contributed by atoms with Crippen molar-refractivity contribution in [2.75, 3.05) is 14.2 Å². The van der Waals surface area contributed by atoms with Gasteiger partial charge in [-0.05, 0) is 46.8 Å². The van der Waals surface area contributed by atoms with Crippen LogP contribution in [0.3, 0.4) is 0 Å². The van der Waals surface area contributed by atoms with E-state index in [1.807, 2.05) is 6.07 Å². The molecule has 0 spiro atoms. The summed E-state index contributed by atoms with van der Waals surface area (Å²) in [5.74, 6) is 1.38. The van der Waals surface area contributed by atoms with Gasteiger partial charge in [0.1, 0.15) is 0 Å². The summed E-state index contributed by atoms with van der Waals surface area (Å²) in [5.41, 5.74) is 1.66. The Kier molecular flexibility index (Phi) is 3.97. The molecule has 0 heterocycles. The van der Waals surface area contributed by atoms with Gasteiger partial charge in [0.15, 0.2) is 11.5 Å². The molecule has 0 aromatic heterocycles. The summed E-state index contributed by atoms with van der Waals surface area (Å²) < 4.78 is 11.7. The number of nitrogens with zero attached hydrogens (tertiary/aromatic N) is 1. The number of methoxy groups -OCH3 is 2. The number of hydrogen-bond donors (Lipinski definition) is 0. The summed E-state index contributed by atoms with van der Waals surface area (Å²) in [6.45, 7) is 2.05. The second-order valence-corrected chi connectivity index (χ2v) is 5.39. The van der Waals surface area contributed by atoms with Crippen molar-refractivity contribution in [2.24, 2.45) is 4.99 Å². The zero-order valence-corrected chi connectivity index (χ0v) is 12.8. The number of carbonyl (C=O) groups excluding carboxylic acids is 1. The predicted molar refractivity (Wildman–Crippen MR) is 75.7 cm³/mol. The molecule has 1 saturated carbocycles. The maximum absolute atomic E-state index is 10.6. The van der Waals surface area contributed by atoms with Crippen molar-refractivity contribution >= 4 is 22.0 Å². The standard InChI is InChI=1S/C14H16BrNO3/c1-4-9-10(14(5-6-14)16-8-17)7-11(15)13(19-3)12(9)18-2/h7H,4-6H2,1-3H3. The average Bonchev–Trinajstić information content (AvgIpc) is 3.18. The molecule has 1 aromatic carbocycles. The van der Waals surface area contributed by atoms with Crippen molar-refractivity contribution in [1.29, 1.82) is 0 Å². The van der Waals surface area contributed by atoms with Crippen LogP contribution in [0.15, 0.2) is 15.5 Å². The third-order valence-electron chi connectivity index (χ3n) is 3.54. The quantitative estimate of drug-likeness (QED) is 0.616. The lowest BCUT2D eigenvalue weighted by Gasteiger charge is -2.20. The highest BCUT2D eigenvalue weighted by atomic mass is 79.9. The summed E-state index contributed by atoms with van der Waals surface area (Å²) in [5, 5.41) is 0. The molecule has 0 amide bonds. The van der Waals surface area contributed by atoms with Crippen LogP contribution in [0.2, 0.25) is 0 Å². The summed E-state index contributed by atoms with van der Waals surface area (Å²) in [4.78, 5) is 14.6. The van der Waals surface area contributed by atoms with Crippen molar-refractivity contribution in [3.8, 4) is 11.5 Å². The molecule has 0 bridgehead atoms. The van der Waals surface area contributed by atoms with Crippen molar-refractivity contribution in [1.82, 2.24) is 0 Å². The van der Waals surface area contributed by atoms with Gasteiger partial charge in [-0.1, -0.05) is 6.92 Å². The fourth-order valence-corrected chi connectivity index (χ4v) is 3.04. The largest absolute Gasteiger partial charge is 0.493 e. The second kappa shape index (κ2) is 5.35. The first-order chi connectivity index (χ1) is 9.13. The minimum atomic E-state index is -0.408. The molecule has 0 N–H and O–H groups in total. The van der Waals surface area contributed by atoms with E-state index < -0.39 is 5.54 Å². The molecule has 0 radical (unpaired) electrons. The lowest BCUT2D eigenvalue weighted by molar-refractivity contribution is 0.349. The van der Waals surface area contributed by atoms with Gasteiger partial charge in [0.05, 0.1) is 24.2 Å². The molecule has 1 fully saturated rings. The molecule has 102 valence electrons. The molecular weight excluding hydrogens is 310 g/mol. The molecular formula is C14H16BrNO3. The monoisotopic (exact) mass is 325 g/mol. The lowest BCUT2D eigenvalue weighted by Crippen LogP contribution is -2.09. The zero-order valence-electron chi connectivity index (χ0n) is 11.2. The van der Waals surface area contributed by atoms with E-state index in [0.717, 1.165) is 34.9 Å². The first-order valence-electron chi connectivity index (χ1n) is 6.16. The third kappa shape index (κ3) is 2.28. The Labute approximate surface area is 120 Å². The molecule has 5 heteroatoms. The van der Waals surface area contributed by atoms with Crippen LogP contribution in [0.25, 0.3) is 0 Å². The van der Waals surface area contributed by atoms with E-state index in [2.05, 4.69) is 27.8 Å². The molecule has 1 aliphatic rings. The van der Waals surface area contributed by atoms with Crippen LogP contribution in [-0.2, 0) is 16.8 Å². The van der Waals surface area contributed by atoms with E-state index in [1.54, 1.807) is 20.3 Å². The van der Waals surface area contributed by atoms with Gasteiger partial charge in [0, 0.05) is 5.56 Å². The Morgan fingerprint density at radius 3 is 2.42 bits per heavy atom. The number of hydrogen-bond acceptors (Lipinski definition) is 4. The van der Waals surface area contributed by atoms with Crippen molar-refractivity contribution in [2.45, 2.75) is 31.7 Å². The van der Waals surface area contributed by atoms with Gasteiger partial charge in [-0.15, -0.1) is 0 Å². The molecule has 0 atom stereocenters. The van der Waals surface area contributed by atoms with Crippen molar-refractivity contribution < 1.29 is 14.3 Å². The van der Waals surface area contributed by atoms with Crippen LogP contribution >= 0.6 is 15.9 Å². The summed E-state index contributed by atoms with van der Waals surface area (Å²) in [6, 6.07) is 1.98. The van der Waals surface area contributed by atoms with Crippen LogP contribution in [0.1, 0.15) is 30.9 Å². The molecule has 2 rings (SSSR count). The van der Waals surface area contributed by atoms with Crippen LogP contribution in [-0.4, -0.2) is 20.3 Å². The smallest absolute Gasteiger partial charge is 0.235 e. The second-order valence-electron chi connectivity index (χ2n) is 4.54. The summed E-state index contributed by atoms with van der Waals surface area (Å²) >= 11 is 3.49. The van der Waals surface area contributed by atoms with Crippen molar-refractivity contribution in [3.05, 3.63) is 21.7 Å². The maximum Gasteiger partial charge on any atom is 0.235 e. The number of aliphatic imine (C=N–C) groups is 1. The number of ether oxygens (including phenoxy) is 2. The van der Waals surface area contributed by atoms with Crippen LogP contribution in [0, 0.1) is 0 Å². The first-order valence-corrected chi connectivity index (χ1v) is 6.95. The van der Waals surface area contributed by atoms with E-state index in [9.17, 15) is 4.79 Å². The number of halogens is 1. The fraction of sp³-hybridized carbons (Fsp3) is 0.500. The SMILES string of the molecule is CCc1c(C2(N=C=O)CC2)cc(Br)c(OC)c1OC. The Balaban J connectivity index is 2.68. The Hall–Kier alpha value is -1.32. The number of rotatable bonds is 5. The molecule has 1 aromatic rings. The van der Waals surface area contributed by atoms with Crippen LogP contribution in [0.4, 0.5) is 0 Å². The molecule has 19 heavy (non-hydrogen) atoms. The van der Waals surface area contributed by atoms with E-state index in [0.29, 0.717) is 11.5 Å². The van der Waals surface area contributed by atoms with E-state index in [1.165, 1.54) is 0 Å². The third-order valence-corrected chi connectivity index (χ3v) is 4.13. The van der Waals surface area contributed by atoms with Gasteiger partial charge < -0.3 is 9.47 Å². The Bertz CT molecular complexity index is 546. The van der Waals surface area contributed by atoms with Gasteiger partial charge in [-0.2, -0.15) is 4.99 Å². The number of benzene rings is 1. The van der Waals surface area contributed by atoms with E-state index >= 15 is 0 Å². The topological polar surface area (TPSA) is 47.9 Å². The molecule has 1 aliphatic carbocycles. The van der Waals surface area contributed by atoms with Gasteiger partial charge in [-0.3, -0.25) is 0 Å². The lowest BCUT2D eigenvalue weighted by atomic mass is 9.95. The normalized spacial score (nSPS) is 15.6. The van der Waals surface area contributed by atoms with Gasteiger partial charge in [0.2, 0.25) is 6.08 Å². The van der Waals surface area contributed by atoms with Crippen LogP contribution in [0.5, 0.6) is 11.5 Å². The Morgan fingerprint density at radius 2 is 2.00 bits per heavy atom. The highest BCUT2D eigenvalue weighted by molar-refractivity contribution is 9.10. The maximum atomic E-state index is 10.6. The Morgan fingerprint density at radius 1 is 1.37 bits per heavy atom. The molecule has 0 saturated heterocycles. The van der Waals surface area contributed by atoms with Gasteiger partial charge in [-0.25, -0.2) is 4.79 Å². The van der Waals surface area contributed by atoms with Gasteiger partial charge >= 0.3 is 0 Å². The van der Waals surface area contributed by atoms with Gasteiger partial charge in [0.25, 0.3) is 0 Å². The minimum Gasteiger partial charge on any atom is -0.493 e. The average molecular weight is 326 g/mol. The fourth-order valence-electron chi connectivity index (χ4n) is 2.47. The zero-order chi connectivity index (χ0) is 14.0. The predicted octanol–water partition coefficient (Wildman–Crippen LogP) is 3.35. The highest BCUT2D eigenvalue weighted by Gasteiger charge is 2.47. The minimum absolute atomic E-state index is 0.408.